The van der Waals surface area contributed by atoms with Crippen molar-refractivity contribution in [1.82, 2.24) is 5.32 Å². The Bertz CT molecular complexity index is 453. The molecule has 0 saturated heterocycles. The number of halogens is 1. The summed E-state index contributed by atoms with van der Waals surface area (Å²) in [7, 11) is 1.69. The van der Waals surface area contributed by atoms with Crippen molar-refractivity contribution in [3.8, 4) is 5.75 Å². The number of benzene rings is 1. The molecule has 5 nitrogen and oxygen atoms in total. The van der Waals surface area contributed by atoms with Crippen LogP contribution < -0.4 is 15.4 Å². The van der Waals surface area contributed by atoms with Gasteiger partial charge in [-0.25, -0.2) is 4.99 Å². The molecule has 0 bridgehead atoms. The second-order valence-electron chi connectivity index (χ2n) is 4.36. The van der Waals surface area contributed by atoms with Crippen molar-refractivity contribution in [2.45, 2.75) is 13.3 Å². The number of hydrogen-bond acceptors (Lipinski definition) is 3. The molecule has 124 valence electrons. The normalized spacial score (nSPS) is 10.5. The van der Waals surface area contributed by atoms with E-state index in [9.17, 15) is 0 Å². The van der Waals surface area contributed by atoms with Crippen LogP contribution in [0.5, 0.6) is 5.75 Å². The van der Waals surface area contributed by atoms with Gasteiger partial charge in [-0.1, -0.05) is 12.1 Å². The molecule has 0 aliphatic rings. The van der Waals surface area contributed by atoms with Gasteiger partial charge in [-0.05, 0) is 19.1 Å². The second-order valence-corrected chi connectivity index (χ2v) is 4.36. The van der Waals surface area contributed by atoms with E-state index in [1.807, 2.05) is 31.2 Å². The lowest BCUT2D eigenvalue weighted by molar-refractivity contribution is 0.172. The molecule has 0 fully saturated rings. The number of aliphatic imine (C=N–C) groups is 1. The molecule has 0 unspecified atom stereocenters. The predicted octanol–water partition coefficient (Wildman–Crippen LogP) is 3.28. The minimum absolute atomic E-state index is 0. The molecular weight excluding hydrogens is 393 g/mol. The Morgan fingerprint density at radius 2 is 2.18 bits per heavy atom. The lowest BCUT2D eigenvalue weighted by Crippen LogP contribution is -2.30. The first-order chi connectivity index (χ1) is 10.3. The molecule has 0 spiro atoms. The summed E-state index contributed by atoms with van der Waals surface area (Å²) < 4.78 is 10.7. The van der Waals surface area contributed by atoms with Gasteiger partial charge in [-0.15, -0.1) is 30.6 Å². The lowest BCUT2D eigenvalue weighted by Gasteiger charge is -2.12. The van der Waals surface area contributed by atoms with Crippen LogP contribution in [0.25, 0.3) is 0 Å². The van der Waals surface area contributed by atoms with Gasteiger partial charge < -0.3 is 20.1 Å². The highest BCUT2D eigenvalue weighted by molar-refractivity contribution is 14.0. The van der Waals surface area contributed by atoms with E-state index in [0.717, 1.165) is 30.4 Å². The monoisotopic (exact) mass is 419 g/mol. The molecule has 1 rings (SSSR count). The SMILES string of the molecule is C=CCN=C(NCC)Nc1cccc(OCCCOC)c1.I. The molecule has 0 aromatic heterocycles. The van der Waals surface area contributed by atoms with Crippen LogP contribution in [0.15, 0.2) is 41.9 Å². The van der Waals surface area contributed by atoms with Gasteiger partial charge in [0.25, 0.3) is 0 Å². The third-order valence-electron chi connectivity index (χ3n) is 2.58. The number of ether oxygens (including phenoxy) is 2. The van der Waals surface area contributed by atoms with E-state index in [-0.39, 0.29) is 24.0 Å². The summed E-state index contributed by atoms with van der Waals surface area (Å²) in [6, 6.07) is 7.81. The van der Waals surface area contributed by atoms with Gasteiger partial charge in [0, 0.05) is 38.4 Å². The molecule has 2 N–H and O–H groups in total. The van der Waals surface area contributed by atoms with E-state index in [0.29, 0.717) is 19.8 Å². The Balaban J connectivity index is 0.00000441. The van der Waals surface area contributed by atoms with Crippen molar-refractivity contribution in [1.29, 1.82) is 0 Å². The van der Waals surface area contributed by atoms with E-state index < -0.39 is 0 Å². The van der Waals surface area contributed by atoms with Crippen LogP contribution in [-0.2, 0) is 4.74 Å². The quantitative estimate of drug-likeness (QED) is 0.212. The van der Waals surface area contributed by atoms with Crippen molar-refractivity contribution >= 4 is 35.6 Å². The molecule has 6 heteroatoms. The van der Waals surface area contributed by atoms with Crippen LogP contribution >= 0.6 is 24.0 Å². The molecule has 0 atom stereocenters. The molecule has 0 radical (unpaired) electrons. The van der Waals surface area contributed by atoms with Crippen molar-refractivity contribution < 1.29 is 9.47 Å². The summed E-state index contributed by atoms with van der Waals surface area (Å²) in [5.74, 6) is 1.56. The van der Waals surface area contributed by atoms with Gasteiger partial charge in [-0.3, -0.25) is 0 Å². The van der Waals surface area contributed by atoms with Gasteiger partial charge in [0.15, 0.2) is 5.96 Å². The van der Waals surface area contributed by atoms with Crippen LogP contribution in [-0.4, -0.2) is 39.4 Å². The molecule has 0 aliphatic carbocycles. The first-order valence-corrected chi connectivity index (χ1v) is 7.18. The van der Waals surface area contributed by atoms with Gasteiger partial charge in [0.1, 0.15) is 5.75 Å². The molecule has 0 aliphatic heterocycles. The molecule has 1 aromatic carbocycles. The minimum Gasteiger partial charge on any atom is -0.493 e. The second kappa shape index (κ2) is 13.4. The van der Waals surface area contributed by atoms with Crippen molar-refractivity contribution in [2.75, 3.05) is 38.7 Å². The number of methoxy groups -OCH3 is 1. The summed E-state index contributed by atoms with van der Waals surface area (Å²) in [5.41, 5.74) is 0.933. The molecule has 0 saturated carbocycles. The molecule has 22 heavy (non-hydrogen) atoms. The summed E-state index contributed by atoms with van der Waals surface area (Å²) >= 11 is 0. The van der Waals surface area contributed by atoms with Gasteiger partial charge in [0.2, 0.25) is 0 Å². The Labute approximate surface area is 150 Å². The van der Waals surface area contributed by atoms with Crippen molar-refractivity contribution in [3.05, 3.63) is 36.9 Å². The van der Waals surface area contributed by atoms with E-state index in [1.54, 1.807) is 13.2 Å². The maximum absolute atomic E-state index is 5.67. The summed E-state index contributed by atoms with van der Waals surface area (Å²) in [4.78, 5) is 4.36. The first kappa shape index (κ1) is 20.7. The maximum atomic E-state index is 5.67. The highest BCUT2D eigenvalue weighted by Crippen LogP contribution is 2.17. The zero-order chi connectivity index (χ0) is 15.3. The van der Waals surface area contributed by atoms with Crippen LogP contribution in [0.2, 0.25) is 0 Å². The topological polar surface area (TPSA) is 54.9 Å². The standard InChI is InChI=1S/C16H25N3O2.HI/c1-4-10-18-16(17-5-2)19-14-8-6-9-15(13-14)21-12-7-11-20-3;/h4,6,8-9,13H,1,5,7,10-12H2,2-3H3,(H2,17,18,19);1H. The molecular formula is C16H26IN3O2. The van der Waals surface area contributed by atoms with Crippen LogP contribution in [0, 0.1) is 0 Å². The summed E-state index contributed by atoms with van der Waals surface area (Å²) in [5, 5.41) is 6.42. The Kier molecular flexibility index (Phi) is 12.6. The van der Waals surface area contributed by atoms with E-state index >= 15 is 0 Å². The number of guanidine groups is 1. The maximum Gasteiger partial charge on any atom is 0.196 e. The summed E-state index contributed by atoms with van der Waals surface area (Å²) in [6.07, 6.45) is 2.63. The largest absolute Gasteiger partial charge is 0.493 e. The van der Waals surface area contributed by atoms with Crippen LogP contribution in [0.4, 0.5) is 5.69 Å². The minimum atomic E-state index is 0. The van der Waals surface area contributed by atoms with Gasteiger partial charge in [-0.2, -0.15) is 0 Å². The highest BCUT2D eigenvalue weighted by atomic mass is 127. The zero-order valence-corrected chi connectivity index (χ0v) is 15.6. The predicted molar refractivity (Wildman–Crippen MR) is 104 cm³/mol. The highest BCUT2D eigenvalue weighted by Gasteiger charge is 2.00. The fraction of sp³-hybridized carbons (Fsp3) is 0.438. The number of rotatable bonds is 9. The first-order valence-electron chi connectivity index (χ1n) is 7.18. The number of hydrogen-bond donors (Lipinski definition) is 2. The van der Waals surface area contributed by atoms with Crippen LogP contribution in [0.3, 0.4) is 0 Å². The van der Waals surface area contributed by atoms with E-state index in [4.69, 9.17) is 9.47 Å². The average Bonchev–Trinajstić information content (AvgIpc) is 2.50. The fourth-order valence-electron chi connectivity index (χ4n) is 1.66. The third kappa shape index (κ3) is 8.89. The van der Waals surface area contributed by atoms with Crippen LogP contribution in [0.1, 0.15) is 13.3 Å². The number of anilines is 1. The van der Waals surface area contributed by atoms with Gasteiger partial charge >= 0.3 is 0 Å². The average molecular weight is 419 g/mol. The molecule has 0 heterocycles. The van der Waals surface area contributed by atoms with E-state index in [1.165, 1.54) is 0 Å². The third-order valence-corrected chi connectivity index (χ3v) is 2.58. The van der Waals surface area contributed by atoms with Gasteiger partial charge in [0.05, 0.1) is 13.2 Å². The Hall–Kier alpha value is -1.28. The fourth-order valence-corrected chi connectivity index (χ4v) is 1.66. The number of nitrogens with zero attached hydrogens (tertiary/aromatic N) is 1. The lowest BCUT2D eigenvalue weighted by atomic mass is 10.3. The van der Waals surface area contributed by atoms with Crippen molar-refractivity contribution in [3.63, 3.8) is 0 Å². The molecule has 0 amide bonds. The zero-order valence-electron chi connectivity index (χ0n) is 13.3. The number of nitrogens with one attached hydrogen (secondary N) is 2. The molecule has 1 aromatic rings. The Morgan fingerprint density at radius 1 is 1.36 bits per heavy atom. The van der Waals surface area contributed by atoms with E-state index in [2.05, 4.69) is 22.2 Å². The Morgan fingerprint density at radius 3 is 2.86 bits per heavy atom. The summed E-state index contributed by atoms with van der Waals surface area (Å²) in [6.45, 7) is 8.42. The smallest absolute Gasteiger partial charge is 0.196 e. The van der Waals surface area contributed by atoms with Crippen molar-refractivity contribution in [2.24, 2.45) is 4.99 Å².